The van der Waals surface area contributed by atoms with Gasteiger partial charge in [0.1, 0.15) is 0 Å². The van der Waals surface area contributed by atoms with Crippen LogP contribution in [-0.4, -0.2) is 12.7 Å². The lowest BCUT2D eigenvalue weighted by Gasteiger charge is -2.30. The fourth-order valence-corrected chi connectivity index (χ4v) is 2.25. The Morgan fingerprint density at radius 1 is 1.08 bits per heavy atom. The molecule has 0 aromatic heterocycles. The summed E-state index contributed by atoms with van der Waals surface area (Å²) < 4.78 is 5.77. The molecule has 2 rings (SSSR count). The molecule has 68 valence electrons. The first-order valence-electron chi connectivity index (χ1n) is 5.25. The Morgan fingerprint density at radius 3 is 2.75 bits per heavy atom. The predicted octanol–water partition coefficient (Wildman–Crippen LogP) is 2.91. The lowest BCUT2D eigenvalue weighted by molar-refractivity contribution is -0.0120. The molecule has 1 aliphatic carbocycles. The highest BCUT2D eigenvalue weighted by atomic mass is 16.5. The van der Waals surface area contributed by atoms with E-state index < -0.39 is 0 Å². The van der Waals surface area contributed by atoms with E-state index in [-0.39, 0.29) is 0 Å². The van der Waals surface area contributed by atoms with Gasteiger partial charge in [-0.05, 0) is 38.5 Å². The van der Waals surface area contributed by atoms with Crippen LogP contribution in [0.1, 0.15) is 38.5 Å². The van der Waals surface area contributed by atoms with Gasteiger partial charge in [-0.25, -0.2) is 0 Å². The van der Waals surface area contributed by atoms with Crippen molar-refractivity contribution in [3.8, 4) is 0 Å². The molecule has 2 unspecified atom stereocenters. The van der Waals surface area contributed by atoms with E-state index in [4.69, 9.17) is 4.74 Å². The molecule has 0 N–H and O–H groups in total. The third kappa shape index (κ3) is 1.89. The maximum Gasteiger partial charge on any atom is 0.0637 e. The van der Waals surface area contributed by atoms with Crippen molar-refractivity contribution < 1.29 is 4.74 Å². The summed E-state index contributed by atoms with van der Waals surface area (Å²) in [5, 5.41) is 0. The van der Waals surface area contributed by atoms with Gasteiger partial charge in [-0.3, -0.25) is 0 Å². The largest absolute Gasteiger partial charge is 0.378 e. The monoisotopic (exact) mass is 166 g/mol. The van der Waals surface area contributed by atoms with Gasteiger partial charge in [-0.1, -0.05) is 12.2 Å². The van der Waals surface area contributed by atoms with E-state index >= 15 is 0 Å². The number of hydrogen-bond acceptors (Lipinski definition) is 1. The summed E-state index contributed by atoms with van der Waals surface area (Å²) in [6, 6.07) is 0. The maximum atomic E-state index is 5.77. The smallest absolute Gasteiger partial charge is 0.0637 e. The fraction of sp³-hybridized carbons (Fsp3) is 0.818. The van der Waals surface area contributed by atoms with Crippen molar-refractivity contribution in [3.05, 3.63) is 12.2 Å². The highest BCUT2D eigenvalue weighted by molar-refractivity contribution is 4.96. The molecule has 2 atom stereocenters. The fourth-order valence-electron chi connectivity index (χ4n) is 2.25. The summed E-state index contributed by atoms with van der Waals surface area (Å²) in [5.74, 6) is 0.735. The highest BCUT2D eigenvalue weighted by Crippen LogP contribution is 2.27. The zero-order valence-corrected chi connectivity index (χ0v) is 7.67. The number of ether oxygens (including phenoxy) is 1. The van der Waals surface area contributed by atoms with Crippen molar-refractivity contribution in [2.45, 2.75) is 44.6 Å². The summed E-state index contributed by atoms with van der Waals surface area (Å²) >= 11 is 0. The molecule has 0 aromatic carbocycles. The van der Waals surface area contributed by atoms with Gasteiger partial charge in [-0.2, -0.15) is 0 Å². The third-order valence-electron chi connectivity index (χ3n) is 2.98. The Balaban J connectivity index is 1.88. The second-order valence-corrected chi connectivity index (χ2v) is 3.93. The van der Waals surface area contributed by atoms with Crippen LogP contribution in [0.5, 0.6) is 0 Å². The summed E-state index contributed by atoms with van der Waals surface area (Å²) in [5.41, 5.74) is 0. The molecule has 0 radical (unpaired) electrons. The van der Waals surface area contributed by atoms with Crippen LogP contribution in [0.15, 0.2) is 12.2 Å². The molecule has 1 fully saturated rings. The first-order valence-corrected chi connectivity index (χ1v) is 5.25. The first-order chi connectivity index (χ1) is 5.97. The molecular formula is C11H18O. The van der Waals surface area contributed by atoms with E-state index in [9.17, 15) is 0 Å². The molecule has 1 aliphatic heterocycles. The Bertz CT molecular complexity index is 156. The van der Waals surface area contributed by atoms with Gasteiger partial charge in [-0.15, -0.1) is 0 Å². The maximum absolute atomic E-state index is 5.77. The van der Waals surface area contributed by atoms with Gasteiger partial charge in [0.2, 0.25) is 0 Å². The van der Waals surface area contributed by atoms with Crippen LogP contribution in [-0.2, 0) is 4.74 Å². The van der Waals surface area contributed by atoms with Crippen LogP contribution < -0.4 is 0 Å². The number of rotatable bonds is 1. The lowest BCUT2D eigenvalue weighted by atomic mass is 9.87. The number of allylic oxidation sites excluding steroid dienone is 1. The number of hydrogen-bond donors (Lipinski definition) is 0. The van der Waals surface area contributed by atoms with Gasteiger partial charge >= 0.3 is 0 Å². The van der Waals surface area contributed by atoms with Gasteiger partial charge in [0.25, 0.3) is 0 Å². The van der Waals surface area contributed by atoms with E-state index in [2.05, 4.69) is 12.2 Å². The SMILES string of the molecule is C1=CC(C2CCCCO2)CCC1. The Hall–Kier alpha value is -0.300. The van der Waals surface area contributed by atoms with Crippen molar-refractivity contribution in [1.82, 2.24) is 0 Å². The Kier molecular flexibility index (Phi) is 2.83. The van der Waals surface area contributed by atoms with E-state index in [0.29, 0.717) is 6.10 Å². The molecule has 0 saturated carbocycles. The molecule has 0 spiro atoms. The standard InChI is InChI=1S/C11H18O/c1-2-6-10(7-3-1)11-8-4-5-9-12-11/h2,6,10-11H,1,3-5,7-9H2. The zero-order chi connectivity index (χ0) is 8.23. The normalized spacial score (nSPS) is 36.7. The van der Waals surface area contributed by atoms with Crippen molar-refractivity contribution in [3.63, 3.8) is 0 Å². The van der Waals surface area contributed by atoms with E-state index in [1.807, 2.05) is 0 Å². The Morgan fingerprint density at radius 2 is 2.08 bits per heavy atom. The molecule has 0 aromatic rings. The van der Waals surface area contributed by atoms with Crippen LogP contribution in [0.3, 0.4) is 0 Å². The molecule has 0 amide bonds. The van der Waals surface area contributed by atoms with Crippen molar-refractivity contribution in [2.75, 3.05) is 6.61 Å². The van der Waals surface area contributed by atoms with Crippen molar-refractivity contribution in [1.29, 1.82) is 0 Å². The minimum atomic E-state index is 0.551. The molecule has 1 nitrogen and oxygen atoms in total. The minimum Gasteiger partial charge on any atom is -0.378 e. The van der Waals surface area contributed by atoms with Gasteiger partial charge in [0.05, 0.1) is 6.10 Å². The lowest BCUT2D eigenvalue weighted by Crippen LogP contribution is -2.27. The van der Waals surface area contributed by atoms with Crippen molar-refractivity contribution in [2.24, 2.45) is 5.92 Å². The summed E-state index contributed by atoms with van der Waals surface area (Å²) in [4.78, 5) is 0. The predicted molar refractivity (Wildman–Crippen MR) is 50.1 cm³/mol. The molecule has 1 heterocycles. The Labute approximate surface area is 74.8 Å². The van der Waals surface area contributed by atoms with Gasteiger partial charge < -0.3 is 4.74 Å². The van der Waals surface area contributed by atoms with Crippen LogP contribution in [0.25, 0.3) is 0 Å². The second-order valence-electron chi connectivity index (χ2n) is 3.93. The van der Waals surface area contributed by atoms with Gasteiger partial charge in [0.15, 0.2) is 0 Å². The highest BCUT2D eigenvalue weighted by Gasteiger charge is 2.22. The summed E-state index contributed by atoms with van der Waals surface area (Å²) in [6.07, 6.45) is 13.2. The molecule has 1 heteroatoms. The van der Waals surface area contributed by atoms with Crippen LogP contribution >= 0.6 is 0 Å². The minimum absolute atomic E-state index is 0.551. The summed E-state index contributed by atoms with van der Waals surface area (Å²) in [7, 11) is 0. The zero-order valence-electron chi connectivity index (χ0n) is 7.67. The van der Waals surface area contributed by atoms with E-state index in [0.717, 1.165) is 12.5 Å². The van der Waals surface area contributed by atoms with E-state index in [1.54, 1.807) is 0 Å². The quantitative estimate of drug-likeness (QED) is 0.544. The van der Waals surface area contributed by atoms with Crippen LogP contribution in [0, 0.1) is 5.92 Å². The molecular weight excluding hydrogens is 148 g/mol. The first kappa shape index (κ1) is 8.31. The van der Waals surface area contributed by atoms with Crippen molar-refractivity contribution >= 4 is 0 Å². The molecule has 0 bridgehead atoms. The van der Waals surface area contributed by atoms with Crippen LogP contribution in [0.2, 0.25) is 0 Å². The molecule has 1 saturated heterocycles. The van der Waals surface area contributed by atoms with Gasteiger partial charge in [0, 0.05) is 12.5 Å². The topological polar surface area (TPSA) is 9.23 Å². The average Bonchev–Trinajstić information content (AvgIpc) is 2.21. The average molecular weight is 166 g/mol. The summed E-state index contributed by atoms with van der Waals surface area (Å²) in [6.45, 7) is 0.995. The second kappa shape index (κ2) is 4.08. The molecule has 2 aliphatic rings. The third-order valence-corrected chi connectivity index (χ3v) is 2.98. The van der Waals surface area contributed by atoms with E-state index in [1.165, 1.54) is 38.5 Å². The molecule has 12 heavy (non-hydrogen) atoms. The van der Waals surface area contributed by atoms with Crippen LogP contribution in [0.4, 0.5) is 0 Å².